The third kappa shape index (κ3) is 2.31. The lowest BCUT2D eigenvalue weighted by atomic mass is 10.1. The molecular formula is C13H13ClN4. The number of aromatic nitrogens is 2. The minimum absolute atomic E-state index is 0.279. The van der Waals surface area contributed by atoms with Gasteiger partial charge in [0.05, 0.1) is 10.7 Å². The Morgan fingerprint density at radius 3 is 2.78 bits per heavy atom. The number of nitriles is 1. The van der Waals surface area contributed by atoms with E-state index in [1.54, 1.807) is 0 Å². The number of rotatable bonds is 3. The lowest BCUT2D eigenvalue weighted by molar-refractivity contribution is 0.877. The first-order valence-electron chi connectivity index (χ1n) is 5.70. The second-order valence-electron chi connectivity index (χ2n) is 4.01. The zero-order valence-electron chi connectivity index (χ0n) is 10.0. The monoisotopic (exact) mass is 260 g/mol. The zero-order valence-corrected chi connectivity index (χ0v) is 10.8. The maximum Gasteiger partial charge on any atom is 0.165 e. The minimum atomic E-state index is 0.279. The van der Waals surface area contributed by atoms with Crippen LogP contribution in [0.2, 0.25) is 5.02 Å². The van der Waals surface area contributed by atoms with E-state index in [0.717, 1.165) is 12.8 Å². The summed E-state index contributed by atoms with van der Waals surface area (Å²) in [7, 11) is 0. The molecular weight excluding hydrogens is 248 g/mol. The summed E-state index contributed by atoms with van der Waals surface area (Å²) in [5.41, 5.74) is 7.95. The number of hydrogen-bond donors (Lipinski definition) is 1. The van der Waals surface area contributed by atoms with E-state index >= 15 is 0 Å². The van der Waals surface area contributed by atoms with Gasteiger partial charge in [-0.3, -0.25) is 0 Å². The molecule has 4 nitrogen and oxygen atoms in total. The van der Waals surface area contributed by atoms with E-state index < -0.39 is 0 Å². The molecule has 5 heteroatoms. The molecule has 18 heavy (non-hydrogen) atoms. The summed E-state index contributed by atoms with van der Waals surface area (Å²) in [6, 6.07) is 9.26. The molecule has 2 aromatic rings. The predicted octanol–water partition coefficient (Wildman–Crippen LogP) is 2.93. The van der Waals surface area contributed by atoms with Crippen LogP contribution in [0.4, 0.5) is 5.82 Å². The van der Waals surface area contributed by atoms with Crippen molar-refractivity contribution < 1.29 is 0 Å². The molecule has 0 spiro atoms. The van der Waals surface area contributed by atoms with Crippen molar-refractivity contribution >= 4 is 17.4 Å². The van der Waals surface area contributed by atoms with Gasteiger partial charge >= 0.3 is 0 Å². The second-order valence-corrected chi connectivity index (χ2v) is 4.42. The van der Waals surface area contributed by atoms with Crippen molar-refractivity contribution in [1.29, 1.82) is 5.26 Å². The lowest BCUT2D eigenvalue weighted by Gasteiger charge is -2.08. The Kier molecular flexibility index (Phi) is 3.54. The maximum atomic E-state index is 8.79. The van der Waals surface area contributed by atoms with Crippen LogP contribution >= 0.6 is 11.6 Å². The number of nitrogens with zero attached hydrogens (tertiary/aromatic N) is 3. The summed E-state index contributed by atoms with van der Waals surface area (Å²) in [6.07, 6.45) is 2.05. The molecule has 0 radical (unpaired) electrons. The molecule has 0 aliphatic heterocycles. The largest absolute Gasteiger partial charge is 0.384 e. The van der Waals surface area contributed by atoms with Gasteiger partial charge in [-0.25, -0.2) is 4.68 Å². The average molecular weight is 261 g/mol. The van der Waals surface area contributed by atoms with E-state index in [2.05, 4.69) is 12.0 Å². The Balaban J connectivity index is 2.45. The van der Waals surface area contributed by atoms with Crippen LogP contribution in [-0.2, 0) is 6.42 Å². The SMILES string of the molecule is CCCc1ccc(-n2nc(C#N)cc2N)c(Cl)c1. The maximum absolute atomic E-state index is 8.79. The molecule has 1 aromatic heterocycles. The Bertz CT molecular complexity index is 610. The van der Waals surface area contributed by atoms with Gasteiger partial charge in [0.1, 0.15) is 11.9 Å². The Hall–Kier alpha value is -1.99. The van der Waals surface area contributed by atoms with Crippen LogP contribution in [0, 0.1) is 11.3 Å². The average Bonchev–Trinajstić information content (AvgIpc) is 2.71. The Morgan fingerprint density at radius 1 is 1.44 bits per heavy atom. The molecule has 0 aliphatic carbocycles. The number of benzene rings is 1. The van der Waals surface area contributed by atoms with Crippen LogP contribution < -0.4 is 5.73 Å². The van der Waals surface area contributed by atoms with Crippen LogP contribution in [0.3, 0.4) is 0 Å². The third-order valence-electron chi connectivity index (χ3n) is 2.63. The molecule has 0 aliphatic rings. The van der Waals surface area contributed by atoms with Crippen molar-refractivity contribution in [3.05, 3.63) is 40.5 Å². The summed E-state index contributed by atoms with van der Waals surface area (Å²) < 4.78 is 1.48. The molecule has 0 unspecified atom stereocenters. The minimum Gasteiger partial charge on any atom is -0.384 e. The van der Waals surface area contributed by atoms with Crippen LogP contribution in [0.25, 0.3) is 5.69 Å². The molecule has 2 rings (SSSR count). The molecule has 0 amide bonds. The molecule has 92 valence electrons. The van der Waals surface area contributed by atoms with Crippen molar-refractivity contribution in [3.8, 4) is 11.8 Å². The van der Waals surface area contributed by atoms with Gasteiger partial charge in [0.25, 0.3) is 0 Å². The quantitative estimate of drug-likeness (QED) is 0.923. The van der Waals surface area contributed by atoms with Crippen molar-refractivity contribution in [3.63, 3.8) is 0 Å². The van der Waals surface area contributed by atoms with E-state index in [1.165, 1.54) is 16.3 Å². The van der Waals surface area contributed by atoms with Gasteiger partial charge in [-0.1, -0.05) is 31.0 Å². The van der Waals surface area contributed by atoms with E-state index in [9.17, 15) is 0 Å². The third-order valence-corrected chi connectivity index (χ3v) is 2.93. The molecule has 0 fully saturated rings. The first-order valence-corrected chi connectivity index (χ1v) is 6.08. The highest BCUT2D eigenvalue weighted by molar-refractivity contribution is 6.32. The molecule has 0 saturated carbocycles. The fourth-order valence-electron chi connectivity index (χ4n) is 1.81. The first kappa shape index (κ1) is 12.5. The smallest absolute Gasteiger partial charge is 0.165 e. The van der Waals surface area contributed by atoms with Crippen LogP contribution in [-0.4, -0.2) is 9.78 Å². The van der Waals surface area contributed by atoms with E-state index in [-0.39, 0.29) is 5.69 Å². The summed E-state index contributed by atoms with van der Waals surface area (Å²) in [4.78, 5) is 0. The van der Waals surface area contributed by atoms with Gasteiger partial charge < -0.3 is 5.73 Å². The molecule has 0 atom stereocenters. The topological polar surface area (TPSA) is 67.6 Å². The molecule has 0 bridgehead atoms. The van der Waals surface area contributed by atoms with Gasteiger partial charge in [0, 0.05) is 6.07 Å². The van der Waals surface area contributed by atoms with Crippen molar-refractivity contribution in [2.45, 2.75) is 19.8 Å². The number of anilines is 1. The van der Waals surface area contributed by atoms with E-state index in [1.807, 2.05) is 24.3 Å². The lowest BCUT2D eigenvalue weighted by Crippen LogP contribution is -2.03. The van der Waals surface area contributed by atoms with E-state index in [4.69, 9.17) is 22.6 Å². The second kappa shape index (κ2) is 5.11. The number of hydrogen-bond acceptors (Lipinski definition) is 3. The van der Waals surface area contributed by atoms with E-state index in [0.29, 0.717) is 16.5 Å². The first-order chi connectivity index (χ1) is 8.65. The summed E-state index contributed by atoms with van der Waals surface area (Å²) in [5.74, 6) is 0.400. The fourth-order valence-corrected chi connectivity index (χ4v) is 2.09. The zero-order chi connectivity index (χ0) is 13.1. The van der Waals surface area contributed by atoms with Crippen molar-refractivity contribution in [1.82, 2.24) is 9.78 Å². The van der Waals surface area contributed by atoms with Crippen LogP contribution in [0.1, 0.15) is 24.6 Å². The van der Waals surface area contributed by atoms with Gasteiger partial charge in [-0.05, 0) is 24.1 Å². The van der Waals surface area contributed by atoms with Crippen molar-refractivity contribution in [2.75, 3.05) is 5.73 Å². The number of halogens is 1. The number of nitrogens with two attached hydrogens (primary N) is 1. The molecule has 1 heterocycles. The summed E-state index contributed by atoms with van der Waals surface area (Å²) in [6.45, 7) is 2.12. The van der Waals surface area contributed by atoms with Gasteiger partial charge in [-0.2, -0.15) is 10.4 Å². The molecule has 1 aromatic carbocycles. The summed E-state index contributed by atoms with van der Waals surface area (Å²) in [5, 5.41) is 13.5. The van der Waals surface area contributed by atoms with Crippen LogP contribution in [0.15, 0.2) is 24.3 Å². The standard InChI is InChI=1S/C13H13ClN4/c1-2-3-9-4-5-12(11(14)6-9)18-13(16)7-10(8-15)17-18/h4-7H,2-3,16H2,1H3. The highest BCUT2D eigenvalue weighted by atomic mass is 35.5. The molecule has 0 saturated heterocycles. The Morgan fingerprint density at radius 2 is 2.22 bits per heavy atom. The predicted molar refractivity (Wildman–Crippen MR) is 71.7 cm³/mol. The normalized spacial score (nSPS) is 10.3. The number of aryl methyl sites for hydroxylation is 1. The van der Waals surface area contributed by atoms with Crippen molar-refractivity contribution in [2.24, 2.45) is 0 Å². The Labute approximate surface area is 111 Å². The van der Waals surface area contributed by atoms with Gasteiger partial charge in [0.2, 0.25) is 0 Å². The highest BCUT2D eigenvalue weighted by Crippen LogP contribution is 2.24. The fraction of sp³-hybridized carbons (Fsp3) is 0.231. The van der Waals surface area contributed by atoms with Gasteiger partial charge in [-0.15, -0.1) is 0 Å². The molecule has 2 N–H and O–H groups in total. The highest BCUT2D eigenvalue weighted by Gasteiger charge is 2.10. The van der Waals surface area contributed by atoms with Crippen LogP contribution in [0.5, 0.6) is 0 Å². The van der Waals surface area contributed by atoms with Gasteiger partial charge in [0.15, 0.2) is 5.69 Å². The number of nitrogen functional groups attached to an aromatic ring is 1. The summed E-state index contributed by atoms with van der Waals surface area (Å²) >= 11 is 6.22.